The molecule has 0 saturated carbocycles. The Labute approximate surface area is 185 Å². The van der Waals surface area contributed by atoms with Gasteiger partial charge >= 0.3 is 6.09 Å². The standard InChI is InChI=1S/C22H21N3O3S2/c1-16(26)19-4-2-3-5-20(19)28-21(27)24-10-12-25(13-11-24)22(29)30-15-18-8-6-17(14-23)7-9-18/h2-9H,10-13,15H2,1H3. The van der Waals surface area contributed by atoms with Crippen LogP contribution in [0, 0.1) is 11.3 Å². The fourth-order valence-electron chi connectivity index (χ4n) is 2.99. The third-order valence-corrected chi connectivity index (χ3v) is 6.30. The lowest BCUT2D eigenvalue weighted by atomic mass is 10.1. The maximum absolute atomic E-state index is 12.5. The Morgan fingerprint density at radius 3 is 2.33 bits per heavy atom. The molecule has 1 aliphatic rings. The molecule has 1 aliphatic heterocycles. The Hall–Kier alpha value is -2.89. The van der Waals surface area contributed by atoms with Gasteiger partial charge in [-0.05, 0) is 36.8 Å². The molecule has 0 N–H and O–H groups in total. The summed E-state index contributed by atoms with van der Waals surface area (Å²) in [6.45, 7) is 3.70. The van der Waals surface area contributed by atoms with Crippen molar-refractivity contribution in [2.75, 3.05) is 26.2 Å². The molecular formula is C22H21N3O3S2. The number of piperazine rings is 1. The Bertz CT molecular complexity index is 978. The number of ether oxygens (including phenoxy) is 1. The van der Waals surface area contributed by atoms with E-state index in [1.807, 2.05) is 12.1 Å². The van der Waals surface area contributed by atoms with E-state index in [0.29, 0.717) is 37.3 Å². The second kappa shape index (κ2) is 10.2. The third kappa shape index (κ3) is 5.59. The zero-order chi connectivity index (χ0) is 21.5. The highest BCUT2D eigenvalue weighted by atomic mass is 32.2. The van der Waals surface area contributed by atoms with Gasteiger partial charge in [-0.3, -0.25) is 4.79 Å². The number of carbonyl (C=O) groups excluding carboxylic acids is 2. The lowest BCUT2D eigenvalue weighted by molar-refractivity contribution is 0.101. The van der Waals surface area contributed by atoms with E-state index in [9.17, 15) is 9.59 Å². The first-order chi connectivity index (χ1) is 14.5. The minimum absolute atomic E-state index is 0.146. The number of ketones is 1. The largest absolute Gasteiger partial charge is 0.415 e. The van der Waals surface area contributed by atoms with Crippen LogP contribution in [-0.2, 0) is 5.75 Å². The monoisotopic (exact) mass is 439 g/mol. The molecule has 0 unspecified atom stereocenters. The maximum atomic E-state index is 12.5. The lowest BCUT2D eigenvalue weighted by Gasteiger charge is -2.35. The number of nitriles is 1. The highest BCUT2D eigenvalue weighted by molar-refractivity contribution is 8.22. The van der Waals surface area contributed by atoms with Crippen LogP contribution in [0.4, 0.5) is 4.79 Å². The van der Waals surface area contributed by atoms with Gasteiger partial charge in [0.05, 0.1) is 17.2 Å². The Morgan fingerprint density at radius 2 is 1.70 bits per heavy atom. The van der Waals surface area contributed by atoms with E-state index in [2.05, 4.69) is 11.0 Å². The number of hydrogen-bond donors (Lipinski definition) is 0. The molecule has 0 spiro atoms. The zero-order valence-corrected chi connectivity index (χ0v) is 18.2. The van der Waals surface area contributed by atoms with E-state index < -0.39 is 6.09 Å². The fourth-order valence-corrected chi connectivity index (χ4v) is 4.20. The van der Waals surface area contributed by atoms with Gasteiger partial charge in [0.2, 0.25) is 0 Å². The molecule has 0 aromatic heterocycles. The molecule has 0 aliphatic carbocycles. The normalized spacial score (nSPS) is 13.5. The third-order valence-electron chi connectivity index (χ3n) is 4.71. The van der Waals surface area contributed by atoms with Gasteiger partial charge in [-0.15, -0.1) is 0 Å². The van der Waals surface area contributed by atoms with E-state index in [1.54, 1.807) is 53.1 Å². The first-order valence-electron chi connectivity index (χ1n) is 9.45. The molecule has 30 heavy (non-hydrogen) atoms. The second-order valence-electron chi connectivity index (χ2n) is 6.76. The Kier molecular flexibility index (Phi) is 7.44. The first-order valence-corrected chi connectivity index (χ1v) is 10.8. The van der Waals surface area contributed by atoms with Gasteiger partial charge in [-0.25, -0.2) is 4.79 Å². The van der Waals surface area contributed by atoms with Gasteiger partial charge < -0.3 is 14.5 Å². The van der Waals surface area contributed by atoms with E-state index in [4.69, 9.17) is 22.2 Å². The molecule has 0 atom stereocenters. The van der Waals surface area contributed by atoms with Crippen molar-refractivity contribution in [2.45, 2.75) is 12.7 Å². The highest BCUT2D eigenvalue weighted by Crippen LogP contribution is 2.21. The van der Waals surface area contributed by atoms with Crippen LogP contribution in [0.2, 0.25) is 0 Å². The summed E-state index contributed by atoms with van der Waals surface area (Å²) in [6.07, 6.45) is -0.459. The van der Waals surface area contributed by atoms with Gasteiger partial charge in [0, 0.05) is 31.9 Å². The summed E-state index contributed by atoms with van der Waals surface area (Å²) in [5.41, 5.74) is 2.14. The summed E-state index contributed by atoms with van der Waals surface area (Å²) in [5, 5.41) is 8.86. The molecule has 6 nitrogen and oxygen atoms in total. The van der Waals surface area contributed by atoms with Crippen molar-refractivity contribution in [2.24, 2.45) is 0 Å². The molecule has 1 heterocycles. The summed E-state index contributed by atoms with van der Waals surface area (Å²) in [7, 11) is 0. The molecule has 2 aromatic rings. The van der Waals surface area contributed by atoms with Gasteiger partial charge in [-0.2, -0.15) is 5.26 Å². The molecule has 1 amide bonds. The van der Waals surface area contributed by atoms with Crippen molar-refractivity contribution >= 4 is 40.2 Å². The summed E-state index contributed by atoms with van der Waals surface area (Å²) < 4.78 is 6.24. The van der Waals surface area contributed by atoms with Crippen LogP contribution in [0.5, 0.6) is 5.75 Å². The highest BCUT2D eigenvalue weighted by Gasteiger charge is 2.25. The fraction of sp³-hybridized carbons (Fsp3) is 0.273. The van der Waals surface area contributed by atoms with Gasteiger partial charge in [0.15, 0.2) is 5.78 Å². The predicted octanol–water partition coefficient (Wildman–Crippen LogP) is 4.10. The number of Topliss-reactive ketones (excluding diaryl/α,β-unsaturated/α-hetero) is 1. The average molecular weight is 440 g/mol. The maximum Gasteiger partial charge on any atom is 0.415 e. The van der Waals surface area contributed by atoms with Crippen molar-refractivity contribution < 1.29 is 14.3 Å². The van der Waals surface area contributed by atoms with Crippen LogP contribution in [0.1, 0.15) is 28.4 Å². The Morgan fingerprint density at radius 1 is 1.07 bits per heavy atom. The van der Waals surface area contributed by atoms with Gasteiger partial charge in [-0.1, -0.05) is 48.2 Å². The van der Waals surface area contributed by atoms with E-state index in [0.717, 1.165) is 15.6 Å². The van der Waals surface area contributed by atoms with Crippen molar-refractivity contribution in [3.05, 3.63) is 65.2 Å². The summed E-state index contributed by atoms with van der Waals surface area (Å²) in [4.78, 5) is 27.9. The van der Waals surface area contributed by atoms with Crippen LogP contribution < -0.4 is 4.74 Å². The van der Waals surface area contributed by atoms with Gasteiger partial charge in [0.25, 0.3) is 0 Å². The molecule has 8 heteroatoms. The van der Waals surface area contributed by atoms with Crippen LogP contribution in [0.25, 0.3) is 0 Å². The van der Waals surface area contributed by atoms with Crippen molar-refractivity contribution in [1.29, 1.82) is 5.26 Å². The van der Waals surface area contributed by atoms with Crippen LogP contribution in [-0.4, -0.2) is 52.2 Å². The molecule has 1 fully saturated rings. The van der Waals surface area contributed by atoms with Crippen LogP contribution in [0.3, 0.4) is 0 Å². The van der Waals surface area contributed by atoms with Gasteiger partial charge in [0.1, 0.15) is 10.1 Å². The predicted molar refractivity (Wildman–Crippen MR) is 121 cm³/mol. The Balaban J connectivity index is 1.48. The number of thioether (sulfide) groups is 1. The number of benzene rings is 2. The van der Waals surface area contributed by atoms with Crippen molar-refractivity contribution in [3.8, 4) is 11.8 Å². The summed E-state index contributed by atoms with van der Waals surface area (Å²) >= 11 is 7.11. The molecular weight excluding hydrogens is 418 g/mol. The van der Waals surface area contributed by atoms with Crippen molar-refractivity contribution in [1.82, 2.24) is 9.80 Å². The quantitative estimate of drug-likeness (QED) is 0.525. The molecule has 1 saturated heterocycles. The molecule has 0 radical (unpaired) electrons. The molecule has 2 aromatic carbocycles. The van der Waals surface area contributed by atoms with E-state index >= 15 is 0 Å². The van der Waals surface area contributed by atoms with Crippen molar-refractivity contribution in [3.63, 3.8) is 0 Å². The number of para-hydroxylation sites is 1. The number of hydrogen-bond acceptors (Lipinski definition) is 6. The molecule has 154 valence electrons. The topological polar surface area (TPSA) is 73.6 Å². The zero-order valence-electron chi connectivity index (χ0n) is 16.5. The van der Waals surface area contributed by atoms with E-state index in [1.165, 1.54) is 6.92 Å². The minimum Gasteiger partial charge on any atom is -0.409 e. The number of carbonyl (C=O) groups is 2. The SMILES string of the molecule is CC(=O)c1ccccc1OC(=O)N1CCN(C(=S)SCc2ccc(C#N)cc2)CC1. The number of nitrogens with zero attached hydrogens (tertiary/aromatic N) is 3. The molecule has 3 rings (SSSR count). The number of amides is 1. The second-order valence-corrected chi connectivity index (χ2v) is 8.37. The summed E-state index contributed by atoms with van der Waals surface area (Å²) in [6, 6.07) is 16.3. The minimum atomic E-state index is -0.459. The lowest BCUT2D eigenvalue weighted by Crippen LogP contribution is -2.50. The average Bonchev–Trinajstić information content (AvgIpc) is 2.78. The smallest absolute Gasteiger partial charge is 0.409 e. The molecule has 0 bridgehead atoms. The van der Waals surface area contributed by atoms with E-state index in [-0.39, 0.29) is 11.5 Å². The summed E-state index contributed by atoms with van der Waals surface area (Å²) in [5.74, 6) is 0.869. The number of thiocarbonyl (C=S) groups is 1. The van der Waals surface area contributed by atoms with Crippen LogP contribution in [0.15, 0.2) is 48.5 Å². The first kappa shape index (κ1) is 21.8. The van der Waals surface area contributed by atoms with Crippen LogP contribution >= 0.6 is 24.0 Å². The number of rotatable bonds is 4.